The summed E-state index contributed by atoms with van der Waals surface area (Å²) in [6.45, 7) is 15.1. The van der Waals surface area contributed by atoms with Crippen molar-refractivity contribution in [2.75, 3.05) is 0 Å². The first kappa shape index (κ1) is 23.9. The minimum atomic E-state index is -3.37. The van der Waals surface area contributed by atoms with Crippen LogP contribution in [0.15, 0.2) is 0 Å². The molecular formula is C17H33O6Ti. The van der Waals surface area contributed by atoms with Crippen LogP contribution >= 0.6 is 0 Å². The van der Waals surface area contributed by atoms with Crippen LogP contribution in [0.4, 0.5) is 0 Å². The van der Waals surface area contributed by atoms with Gasteiger partial charge in [-0.15, -0.1) is 0 Å². The van der Waals surface area contributed by atoms with Gasteiger partial charge >= 0.3 is 153 Å². The van der Waals surface area contributed by atoms with Gasteiger partial charge in [-0.3, -0.25) is 0 Å². The Labute approximate surface area is 152 Å². The molecule has 0 aliphatic heterocycles. The molecule has 141 valence electrons. The molecule has 0 rings (SSSR count). The maximum atomic E-state index is 12.6. The molecular weight excluding hydrogens is 348 g/mol. The number of carbonyl (C=O) groups excluding carboxylic acids is 2. The summed E-state index contributed by atoms with van der Waals surface area (Å²) in [5, 5.41) is 21.5. The first-order valence-corrected chi connectivity index (χ1v) is 10.3. The number of rotatable bonds is 9. The average Bonchev–Trinajstić information content (AvgIpc) is 2.35. The molecule has 0 saturated heterocycles. The molecule has 6 nitrogen and oxygen atoms in total. The van der Waals surface area contributed by atoms with E-state index < -0.39 is 39.4 Å². The van der Waals surface area contributed by atoms with Gasteiger partial charge in [0.2, 0.25) is 0 Å². The van der Waals surface area contributed by atoms with Crippen molar-refractivity contribution in [3.05, 3.63) is 0 Å². The van der Waals surface area contributed by atoms with Crippen molar-refractivity contribution in [1.82, 2.24) is 0 Å². The molecule has 0 bridgehead atoms. The molecule has 0 aromatic carbocycles. The molecule has 0 aliphatic carbocycles. The van der Waals surface area contributed by atoms with Crippen LogP contribution in [0.25, 0.3) is 0 Å². The number of aliphatic hydroxyl groups is 2. The van der Waals surface area contributed by atoms with Crippen molar-refractivity contribution in [2.24, 2.45) is 10.8 Å². The third-order valence-electron chi connectivity index (χ3n) is 3.70. The van der Waals surface area contributed by atoms with Gasteiger partial charge in [0, 0.05) is 0 Å². The summed E-state index contributed by atoms with van der Waals surface area (Å²) < 4.78 is 8.86. The first-order valence-electron chi connectivity index (χ1n) is 8.25. The number of Topliss-reactive ketones (excluding diaryl/α,β-unsaturated/α-hetero) is 2. The topological polar surface area (TPSA) is 93.1 Å². The molecule has 0 aromatic rings. The monoisotopic (exact) mass is 381 g/mol. The van der Waals surface area contributed by atoms with Gasteiger partial charge in [-0.25, -0.2) is 0 Å². The van der Waals surface area contributed by atoms with Crippen LogP contribution in [0.2, 0.25) is 0 Å². The van der Waals surface area contributed by atoms with Gasteiger partial charge in [-0.05, 0) is 0 Å². The second-order valence-electron chi connectivity index (χ2n) is 8.19. The van der Waals surface area contributed by atoms with Gasteiger partial charge in [-0.2, -0.15) is 0 Å². The van der Waals surface area contributed by atoms with E-state index in [4.69, 9.17) is 6.64 Å². The minimum absolute atomic E-state index is 0.243. The predicted molar refractivity (Wildman–Crippen MR) is 87.5 cm³/mol. The summed E-state index contributed by atoms with van der Waals surface area (Å²) in [5.41, 5.74) is -2.24. The Bertz CT molecular complexity index is 438. The zero-order valence-corrected chi connectivity index (χ0v) is 18.0. The van der Waals surface area contributed by atoms with Crippen LogP contribution in [-0.2, 0) is 34.9 Å². The summed E-state index contributed by atoms with van der Waals surface area (Å²) >= 11 is -3.37. The van der Waals surface area contributed by atoms with E-state index in [-0.39, 0.29) is 24.4 Å². The van der Waals surface area contributed by atoms with E-state index in [2.05, 4.69) is 0 Å². The van der Waals surface area contributed by atoms with Crippen LogP contribution in [0.1, 0.15) is 68.7 Å². The van der Waals surface area contributed by atoms with E-state index in [0.29, 0.717) is 0 Å². The van der Waals surface area contributed by atoms with Gasteiger partial charge < -0.3 is 0 Å². The molecule has 0 radical (unpaired) electrons. The molecule has 24 heavy (non-hydrogen) atoms. The Hall–Kier alpha value is -0.106. The normalized spacial score (nSPS) is 13.5. The molecule has 0 fully saturated rings. The van der Waals surface area contributed by atoms with E-state index in [9.17, 15) is 19.8 Å². The van der Waals surface area contributed by atoms with Crippen molar-refractivity contribution in [1.29, 1.82) is 0 Å². The van der Waals surface area contributed by atoms with Gasteiger partial charge in [0.1, 0.15) is 0 Å². The zero-order valence-electron chi connectivity index (χ0n) is 16.4. The number of carbonyl (C=O) groups is 2. The Morgan fingerprint density at radius 2 is 1.25 bits per heavy atom. The second-order valence-corrected chi connectivity index (χ2v) is 10.9. The number of ketones is 2. The second kappa shape index (κ2) is 8.52. The Balaban J connectivity index is 5.50. The first-order chi connectivity index (χ1) is 10.5. The summed E-state index contributed by atoms with van der Waals surface area (Å²) in [5.74, 6) is -0.774. The molecule has 0 spiro atoms. The quantitative estimate of drug-likeness (QED) is 0.362. The number of hydrogen-bond acceptors (Lipinski definition) is 6. The van der Waals surface area contributed by atoms with Crippen molar-refractivity contribution in [2.45, 2.75) is 85.0 Å². The molecule has 0 aromatic heterocycles. The molecule has 0 saturated carbocycles. The Morgan fingerprint density at radius 1 is 0.875 bits per heavy atom. The van der Waals surface area contributed by atoms with E-state index in [1.807, 2.05) is 0 Å². The summed E-state index contributed by atoms with van der Waals surface area (Å²) in [6.07, 6.45) is -0.881. The van der Waals surface area contributed by atoms with E-state index in [1.165, 1.54) is 13.8 Å². The maximum absolute atomic E-state index is 12.6. The standard InChI is InChI=1S/C11H19O4.2C3H7O.Ti/c1-10(2,3)7(12)6-8(13)11(4,5)9(14)15;2*1-3(2)4;/h14-15H,6H2,1-5H3;2*3H,1-2H3;/q;2*-1;+2. The molecule has 0 heterocycles. The van der Waals surface area contributed by atoms with Crippen molar-refractivity contribution >= 4 is 11.6 Å². The third kappa shape index (κ3) is 6.32. The van der Waals surface area contributed by atoms with Gasteiger partial charge in [0.25, 0.3) is 0 Å². The van der Waals surface area contributed by atoms with E-state index in [0.717, 1.165) is 0 Å². The molecule has 0 aliphatic rings. The van der Waals surface area contributed by atoms with Crippen LogP contribution in [-0.4, -0.2) is 38.1 Å². The Kier molecular flexibility index (Phi) is 8.48. The predicted octanol–water partition coefficient (Wildman–Crippen LogP) is 2.52. The van der Waals surface area contributed by atoms with Crippen molar-refractivity contribution in [3.63, 3.8) is 0 Å². The van der Waals surface area contributed by atoms with Crippen LogP contribution in [0, 0.1) is 10.8 Å². The van der Waals surface area contributed by atoms with Gasteiger partial charge in [0.05, 0.1) is 0 Å². The third-order valence-corrected chi connectivity index (χ3v) is 7.70. The SMILES string of the molecule is CC(C)[O][Ti]([O]C(C)C)[C](O)(O)C(C)(C)C(=O)CC(=O)C(C)(C)C. The van der Waals surface area contributed by atoms with Gasteiger partial charge in [-0.1, -0.05) is 0 Å². The summed E-state index contributed by atoms with van der Waals surface area (Å²) in [6, 6.07) is 0. The zero-order chi connectivity index (χ0) is 19.5. The molecule has 0 amide bonds. The fourth-order valence-electron chi connectivity index (χ4n) is 1.70. The molecule has 0 unspecified atom stereocenters. The van der Waals surface area contributed by atoms with Crippen LogP contribution < -0.4 is 0 Å². The van der Waals surface area contributed by atoms with Crippen LogP contribution in [0.5, 0.6) is 0 Å². The van der Waals surface area contributed by atoms with Gasteiger partial charge in [0.15, 0.2) is 0 Å². The molecule has 0 atom stereocenters. The summed E-state index contributed by atoms with van der Waals surface area (Å²) in [7, 11) is 0. The number of hydrogen-bond donors (Lipinski definition) is 2. The average molecular weight is 381 g/mol. The molecule has 7 heteroatoms. The van der Waals surface area contributed by atoms with Crippen molar-refractivity contribution in [3.8, 4) is 0 Å². The Morgan fingerprint density at radius 3 is 1.54 bits per heavy atom. The fraction of sp³-hybridized carbons (Fsp3) is 0.882. The van der Waals surface area contributed by atoms with E-state index >= 15 is 0 Å². The molecule has 2 N–H and O–H groups in total. The van der Waals surface area contributed by atoms with E-state index in [1.54, 1.807) is 48.5 Å². The summed E-state index contributed by atoms with van der Waals surface area (Å²) in [4.78, 5) is 24.8. The van der Waals surface area contributed by atoms with Crippen molar-refractivity contribution < 1.29 is 45.1 Å². The van der Waals surface area contributed by atoms with Crippen LogP contribution in [0.3, 0.4) is 0 Å². The fourth-order valence-corrected chi connectivity index (χ4v) is 4.65.